The predicted octanol–water partition coefficient (Wildman–Crippen LogP) is 0.332. The number of hydrogen-bond acceptors (Lipinski definition) is 5. The second kappa shape index (κ2) is 7.15. The third-order valence-corrected chi connectivity index (χ3v) is 2.37. The van der Waals surface area contributed by atoms with Crippen molar-refractivity contribution in [1.82, 2.24) is 0 Å². The van der Waals surface area contributed by atoms with Crippen LogP contribution in [0.4, 0.5) is 5.69 Å². The second-order valence-electron chi connectivity index (χ2n) is 3.84. The summed E-state index contributed by atoms with van der Waals surface area (Å²) in [4.78, 5) is 32.8. The van der Waals surface area contributed by atoms with E-state index in [4.69, 9.17) is 0 Å². The first-order chi connectivity index (χ1) is 9.02. The summed E-state index contributed by atoms with van der Waals surface area (Å²) < 4.78 is 4.54. The van der Waals surface area contributed by atoms with Gasteiger partial charge in [0.05, 0.1) is 12.7 Å². The number of amides is 1. The number of aliphatic carboxylic acids is 1. The molecular weight excluding hydrogens is 250 g/mol. The number of carbonyl (C=O) groups is 3. The van der Waals surface area contributed by atoms with Crippen LogP contribution in [-0.4, -0.2) is 25.0 Å². The van der Waals surface area contributed by atoms with Crippen LogP contribution in [0.25, 0.3) is 0 Å². The first-order valence-electron chi connectivity index (χ1n) is 5.71. The molecular formula is C13H14NO5-. The molecule has 0 fully saturated rings. The maximum absolute atomic E-state index is 11.5. The molecule has 1 aromatic rings. The number of esters is 1. The SMILES string of the molecule is COC(=O)c1ccc(NC(=O)CCCC(=O)[O-])cc1. The number of carbonyl (C=O) groups excluding carboxylic acids is 3. The fourth-order valence-corrected chi connectivity index (χ4v) is 1.42. The van der Waals surface area contributed by atoms with Crippen LogP contribution < -0.4 is 10.4 Å². The van der Waals surface area contributed by atoms with Gasteiger partial charge in [0.1, 0.15) is 0 Å². The van der Waals surface area contributed by atoms with E-state index < -0.39 is 11.9 Å². The van der Waals surface area contributed by atoms with Crippen molar-refractivity contribution in [3.8, 4) is 0 Å². The van der Waals surface area contributed by atoms with Gasteiger partial charge in [-0.05, 0) is 37.1 Å². The van der Waals surface area contributed by atoms with Crippen LogP contribution in [0.5, 0.6) is 0 Å². The van der Waals surface area contributed by atoms with Gasteiger partial charge in [-0.2, -0.15) is 0 Å². The maximum atomic E-state index is 11.5. The number of benzene rings is 1. The van der Waals surface area contributed by atoms with Crippen molar-refractivity contribution in [2.75, 3.05) is 12.4 Å². The van der Waals surface area contributed by atoms with E-state index in [1.807, 2.05) is 0 Å². The van der Waals surface area contributed by atoms with Gasteiger partial charge >= 0.3 is 5.97 Å². The van der Waals surface area contributed by atoms with Gasteiger partial charge in [-0.15, -0.1) is 0 Å². The van der Waals surface area contributed by atoms with Crippen molar-refractivity contribution in [3.05, 3.63) is 29.8 Å². The van der Waals surface area contributed by atoms with E-state index in [-0.39, 0.29) is 25.2 Å². The normalized spacial score (nSPS) is 9.74. The van der Waals surface area contributed by atoms with E-state index in [1.165, 1.54) is 19.2 Å². The third kappa shape index (κ3) is 5.20. The van der Waals surface area contributed by atoms with Crippen molar-refractivity contribution in [2.45, 2.75) is 19.3 Å². The third-order valence-electron chi connectivity index (χ3n) is 2.37. The monoisotopic (exact) mass is 264 g/mol. The highest BCUT2D eigenvalue weighted by Gasteiger charge is 2.06. The van der Waals surface area contributed by atoms with E-state index in [0.29, 0.717) is 11.3 Å². The lowest BCUT2D eigenvalue weighted by atomic mass is 10.2. The summed E-state index contributed by atoms with van der Waals surface area (Å²) in [6.07, 6.45) is 0.190. The van der Waals surface area contributed by atoms with Crippen LogP contribution in [0.15, 0.2) is 24.3 Å². The molecule has 0 aliphatic carbocycles. The molecule has 1 aromatic carbocycles. The molecule has 0 atom stereocenters. The number of ether oxygens (including phenoxy) is 1. The number of carboxylic acid groups (broad SMARTS) is 1. The van der Waals surface area contributed by atoms with Crippen molar-refractivity contribution in [3.63, 3.8) is 0 Å². The van der Waals surface area contributed by atoms with Crippen LogP contribution in [0.1, 0.15) is 29.6 Å². The van der Waals surface area contributed by atoms with Crippen LogP contribution >= 0.6 is 0 Å². The summed E-state index contributed by atoms with van der Waals surface area (Å²) in [6, 6.07) is 6.21. The molecule has 0 spiro atoms. The van der Waals surface area contributed by atoms with Gasteiger partial charge in [-0.1, -0.05) is 0 Å². The summed E-state index contributed by atoms with van der Waals surface area (Å²) >= 11 is 0. The summed E-state index contributed by atoms with van der Waals surface area (Å²) in [5.74, 6) is -1.91. The minimum atomic E-state index is -1.17. The number of rotatable bonds is 6. The standard InChI is InChI=1S/C13H15NO5/c1-19-13(18)9-5-7-10(8-6-9)14-11(15)3-2-4-12(16)17/h5-8H,2-4H2,1H3,(H,14,15)(H,16,17)/p-1. The molecule has 0 unspecified atom stereocenters. The Labute approximate surface area is 110 Å². The number of nitrogens with one attached hydrogen (secondary N) is 1. The molecule has 0 radical (unpaired) electrons. The lowest BCUT2D eigenvalue weighted by Crippen LogP contribution is -2.22. The topological polar surface area (TPSA) is 95.5 Å². The van der Waals surface area contributed by atoms with Crippen LogP contribution in [0.2, 0.25) is 0 Å². The number of anilines is 1. The highest BCUT2D eigenvalue weighted by atomic mass is 16.5. The van der Waals surface area contributed by atoms with E-state index >= 15 is 0 Å². The van der Waals surface area contributed by atoms with Gasteiger partial charge in [0.15, 0.2) is 0 Å². The predicted molar refractivity (Wildman–Crippen MR) is 65.3 cm³/mol. The molecule has 19 heavy (non-hydrogen) atoms. The molecule has 102 valence electrons. The molecule has 0 saturated heterocycles. The summed E-state index contributed by atoms with van der Waals surface area (Å²) in [6.45, 7) is 0. The fraction of sp³-hybridized carbons (Fsp3) is 0.308. The average molecular weight is 264 g/mol. The molecule has 1 N–H and O–H groups in total. The molecule has 0 heterocycles. The van der Waals surface area contributed by atoms with E-state index in [1.54, 1.807) is 12.1 Å². The van der Waals surface area contributed by atoms with Crippen molar-refractivity contribution >= 4 is 23.5 Å². The average Bonchev–Trinajstić information content (AvgIpc) is 2.38. The molecule has 0 aromatic heterocycles. The van der Waals surface area contributed by atoms with Gasteiger partial charge in [0, 0.05) is 18.1 Å². The summed E-state index contributed by atoms with van der Waals surface area (Å²) in [5, 5.41) is 12.8. The van der Waals surface area contributed by atoms with Gasteiger partial charge in [0.25, 0.3) is 0 Å². The summed E-state index contributed by atoms with van der Waals surface area (Å²) in [5.41, 5.74) is 0.920. The molecule has 0 aliphatic rings. The Balaban J connectivity index is 2.46. The second-order valence-corrected chi connectivity index (χ2v) is 3.84. The van der Waals surface area contributed by atoms with E-state index in [2.05, 4.69) is 10.1 Å². The highest BCUT2D eigenvalue weighted by molar-refractivity contribution is 5.93. The zero-order chi connectivity index (χ0) is 14.3. The van der Waals surface area contributed by atoms with Gasteiger partial charge < -0.3 is 20.0 Å². The largest absolute Gasteiger partial charge is 0.550 e. The van der Waals surface area contributed by atoms with Crippen LogP contribution in [0, 0.1) is 0 Å². The molecule has 6 nitrogen and oxygen atoms in total. The number of hydrogen-bond donors (Lipinski definition) is 1. The first kappa shape index (κ1) is 14.7. The maximum Gasteiger partial charge on any atom is 0.337 e. The molecule has 6 heteroatoms. The molecule has 1 amide bonds. The Hall–Kier alpha value is -2.37. The van der Waals surface area contributed by atoms with E-state index in [0.717, 1.165) is 0 Å². The summed E-state index contributed by atoms with van der Waals surface area (Å²) in [7, 11) is 1.29. The lowest BCUT2D eigenvalue weighted by Gasteiger charge is -2.06. The molecule has 1 rings (SSSR count). The van der Waals surface area contributed by atoms with E-state index in [9.17, 15) is 19.5 Å². The highest BCUT2D eigenvalue weighted by Crippen LogP contribution is 2.11. The molecule has 0 bridgehead atoms. The van der Waals surface area contributed by atoms with Crippen LogP contribution in [-0.2, 0) is 14.3 Å². The molecule has 0 saturated carbocycles. The first-order valence-corrected chi connectivity index (χ1v) is 5.71. The van der Waals surface area contributed by atoms with Gasteiger partial charge in [-0.25, -0.2) is 4.79 Å². The van der Waals surface area contributed by atoms with Crippen LogP contribution in [0.3, 0.4) is 0 Å². The Morgan fingerprint density at radius 1 is 1.16 bits per heavy atom. The zero-order valence-electron chi connectivity index (χ0n) is 10.5. The minimum absolute atomic E-state index is 0.104. The quantitative estimate of drug-likeness (QED) is 0.747. The fourth-order valence-electron chi connectivity index (χ4n) is 1.42. The lowest BCUT2D eigenvalue weighted by molar-refractivity contribution is -0.305. The Morgan fingerprint density at radius 2 is 1.79 bits per heavy atom. The Bertz CT molecular complexity index is 466. The molecule has 0 aliphatic heterocycles. The smallest absolute Gasteiger partial charge is 0.337 e. The zero-order valence-corrected chi connectivity index (χ0v) is 10.5. The number of carboxylic acids is 1. The van der Waals surface area contributed by atoms with Crippen molar-refractivity contribution < 1.29 is 24.2 Å². The minimum Gasteiger partial charge on any atom is -0.550 e. The Morgan fingerprint density at radius 3 is 2.32 bits per heavy atom. The van der Waals surface area contributed by atoms with Gasteiger partial charge in [-0.3, -0.25) is 4.79 Å². The number of methoxy groups -OCH3 is 1. The van der Waals surface area contributed by atoms with Crippen molar-refractivity contribution in [1.29, 1.82) is 0 Å². The van der Waals surface area contributed by atoms with Crippen molar-refractivity contribution in [2.24, 2.45) is 0 Å². The van der Waals surface area contributed by atoms with Gasteiger partial charge in [0.2, 0.25) is 5.91 Å². The Kier molecular flexibility index (Phi) is 5.53.